The van der Waals surface area contributed by atoms with Crippen molar-refractivity contribution in [2.75, 3.05) is 20.2 Å². The van der Waals surface area contributed by atoms with Crippen molar-refractivity contribution < 1.29 is 4.74 Å². The molecule has 1 saturated heterocycles. The number of piperidine rings is 1. The number of hydrogen-bond donors (Lipinski definition) is 2. The van der Waals surface area contributed by atoms with E-state index in [1.807, 2.05) is 12.1 Å². The third-order valence-corrected chi connectivity index (χ3v) is 3.46. The second kappa shape index (κ2) is 4.85. The van der Waals surface area contributed by atoms with Gasteiger partial charge in [0.05, 0.1) is 12.6 Å². The van der Waals surface area contributed by atoms with Crippen molar-refractivity contribution in [1.82, 2.24) is 5.32 Å². The van der Waals surface area contributed by atoms with Gasteiger partial charge in [-0.25, -0.2) is 0 Å². The van der Waals surface area contributed by atoms with Crippen LogP contribution in [-0.2, 0) is 5.54 Å². The van der Waals surface area contributed by atoms with Crippen LogP contribution in [-0.4, -0.2) is 20.2 Å². The maximum atomic E-state index is 5.96. The average Bonchev–Trinajstić information content (AvgIpc) is 2.39. The van der Waals surface area contributed by atoms with Gasteiger partial charge in [-0.1, -0.05) is 12.1 Å². The van der Waals surface area contributed by atoms with Gasteiger partial charge in [-0.15, -0.1) is 0 Å². The summed E-state index contributed by atoms with van der Waals surface area (Å²) in [7, 11) is 1.70. The summed E-state index contributed by atoms with van der Waals surface area (Å²) < 4.78 is 5.27. The summed E-state index contributed by atoms with van der Waals surface area (Å²) in [6.45, 7) is 1.69. The topological polar surface area (TPSA) is 47.3 Å². The molecule has 3 nitrogen and oxygen atoms in total. The Morgan fingerprint density at radius 1 is 1.44 bits per heavy atom. The minimum Gasteiger partial charge on any atom is -0.497 e. The fourth-order valence-electron chi connectivity index (χ4n) is 2.43. The van der Waals surface area contributed by atoms with Crippen molar-refractivity contribution in [3.05, 3.63) is 29.8 Å². The molecule has 0 aliphatic carbocycles. The SMILES string of the molecule is COc1cccc(C2(CN)CCCCN2)c1. The van der Waals surface area contributed by atoms with Crippen molar-refractivity contribution in [3.63, 3.8) is 0 Å². The number of benzene rings is 1. The molecule has 88 valence electrons. The first-order chi connectivity index (χ1) is 7.80. The molecule has 0 spiro atoms. The normalized spacial score (nSPS) is 25.4. The van der Waals surface area contributed by atoms with Crippen LogP contribution in [0.4, 0.5) is 0 Å². The summed E-state index contributed by atoms with van der Waals surface area (Å²) in [4.78, 5) is 0. The molecule has 1 fully saturated rings. The summed E-state index contributed by atoms with van der Waals surface area (Å²) in [6, 6.07) is 8.22. The van der Waals surface area contributed by atoms with Crippen LogP contribution < -0.4 is 15.8 Å². The van der Waals surface area contributed by atoms with Crippen LogP contribution in [0.3, 0.4) is 0 Å². The van der Waals surface area contributed by atoms with Crippen LogP contribution >= 0.6 is 0 Å². The first-order valence-corrected chi connectivity index (χ1v) is 5.90. The van der Waals surface area contributed by atoms with Crippen LogP contribution in [0.2, 0.25) is 0 Å². The molecule has 0 amide bonds. The van der Waals surface area contributed by atoms with Gasteiger partial charge in [0.1, 0.15) is 5.75 Å². The standard InChI is InChI=1S/C13H20N2O/c1-16-12-6-4-5-11(9-12)13(10-14)7-2-3-8-15-13/h4-6,9,15H,2-3,7-8,10,14H2,1H3. The Balaban J connectivity index is 2.31. The van der Waals surface area contributed by atoms with Crippen LogP contribution in [0.25, 0.3) is 0 Å². The molecule has 0 saturated carbocycles. The summed E-state index contributed by atoms with van der Waals surface area (Å²) in [6.07, 6.45) is 3.59. The molecule has 1 aliphatic rings. The van der Waals surface area contributed by atoms with Crippen molar-refractivity contribution in [1.29, 1.82) is 0 Å². The highest BCUT2D eigenvalue weighted by Gasteiger charge is 2.32. The highest BCUT2D eigenvalue weighted by molar-refractivity contribution is 5.34. The zero-order chi connectivity index (χ0) is 11.4. The maximum Gasteiger partial charge on any atom is 0.119 e. The molecule has 1 heterocycles. The predicted molar refractivity (Wildman–Crippen MR) is 65.6 cm³/mol. The Hall–Kier alpha value is -1.06. The van der Waals surface area contributed by atoms with Gasteiger partial charge in [0.2, 0.25) is 0 Å². The van der Waals surface area contributed by atoms with Gasteiger partial charge in [-0.2, -0.15) is 0 Å². The third kappa shape index (κ3) is 2.06. The molecule has 1 unspecified atom stereocenters. The lowest BCUT2D eigenvalue weighted by Crippen LogP contribution is -2.51. The second-order valence-corrected chi connectivity index (χ2v) is 4.40. The van der Waals surface area contributed by atoms with Crippen molar-refractivity contribution in [2.24, 2.45) is 5.73 Å². The van der Waals surface area contributed by atoms with E-state index < -0.39 is 0 Å². The fourth-order valence-corrected chi connectivity index (χ4v) is 2.43. The summed E-state index contributed by atoms with van der Waals surface area (Å²) >= 11 is 0. The molecular formula is C13H20N2O. The molecular weight excluding hydrogens is 200 g/mol. The highest BCUT2D eigenvalue weighted by Crippen LogP contribution is 2.31. The maximum absolute atomic E-state index is 5.96. The summed E-state index contributed by atoms with van der Waals surface area (Å²) in [5, 5.41) is 3.57. The first-order valence-electron chi connectivity index (χ1n) is 5.90. The van der Waals surface area contributed by atoms with Gasteiger partial charge in [0.15, 0.2) is 0 Å². The fraction of sp³-hybridized carbons (Fsp3) is 0.538. The lowest BCUT2D eigenvalue weighted by Gasteiger charge is -2.38. The number of hydrogen-bond acceptors (Lipinski definition) is 3. The van der Waals surface area contributed by atoms with Crippen molar-refractivity contribution in [2.45, 2.75) is 24.8 Å². The monoisotopic (exact) mass is 220 g/mol. The van der Waals surface area contributed by atoms with Crippen molar-refractivity contribution in [3.8, 4) is 5.75 Å². The Morgan fingerprint density at radius 2 is 2.31 bits per heavy atom. The number of nitrogens with two attached hydrogens (primary N) is 1. The molecule has 1 atom stereocenters. The largest absolute Gasteiger partial charge is 0.497 e. The van der Waals surface area contributed by atoms with Crippen LogP contribution in [0.15, 0.2) is 24.3 Å². The molecule has 3 N–H and O–H groups in total. The van der Waals surface area contributed by atoms with Crippen LogP contribution in [0.1, 0.15) is 24.8 Å². The lowest BCUT2D eigenvalue weighted by molar-refractivity contribution is 0.264. The van der Waals surface area contributed by atoms with E-state index in [9.17, 15) is 0 Å². The predicted octanol–water partition coefficient (Wildman–Crippen LogP) is 1.62. The van der Waals surface area contributed by atoms with Gasteiger partial charge >= 0.3 is 0 Å². The van der Waals surface area contributed by atoms with Crippen LogP contribution in [0.5, 0.6) is 5.75 Å². The smallest absolute Gasteiger partial charge is 0.119 e. The number of nitrogens with one attached hydrogen (secondary N) is 1. The van der Waals surface area contributed by atoms with Gasteiger partial charge in [-0.3, -0.25) is 0 Å². The Labute approximate surface area is 97.0 Å². The van der Waals surface area contributed by atoms with E-state index in [1.54, 1.807) is 7.11 Å². The quantitative estimate of drug-likeness (QED) is 0.813. The molecule has 1 aliphatic heterocycles. The Kier molecular flexibility index (Phi) is 3.46. The Morgan fingerprint density at radius 3 is 2.94 bits per heavy atom. The van der Waals surface area contributed by atoms with E-state index in [2.05, 4.69) is 17.4 Å². The minimum atomic E-state index is -0.0488. The van der Waals surface area contributed by atoms with Gasteiger partial charge in [0, 0.05) is 6.54 Å². The molecule has 0 radical (unpaired) electrons. The molecule has 3 heteroatoms. The average molecular weight is 220 g/mol. The van der Waals surface area contributed by atoms with E-state index in [-0.39, 0.29) is 5.54 Å². The number of rotatable bonds is 3. The van der Waals surface area contributed by atoms with E-state index in [1.165, 1.54) is 18.4 Å². The summed E-state index contributed by atoms with van der Waals surface area (Å²) in [5.41, 5.74) is 7.15. The minimum absolute atomic E-state index is 0.0488. The molecule has 16 heavy (non-hydrogen) atoms. The van der Waals surface area contributed by atoms with E-state index in [0.29, 0.717) is 6.54 Å². The zero-order valence-corrected chi connectivity index (χ0v) is 9.83. The number of methoxy groups -OCH3 is 1. The van der Waals surface area contributed by atoms with Gasteiger partial charge < -0.3 is 15.8 Å². The van der Waals surface area contributed by atoms with Crippen LogP contribution in [0, 0.1) is 0 Å². The van der Waals surface area contributed by atoms with Crippen molar-refractivity contribution >= 4 is 0 Å². The van der Waals surface area contributed by atoms with Gasteiger partial charge in [-0.05, 0) is 43.5 Å². The molecule has 0 aromatic heterocycles. The third-order valence-electron chi connectivity index (χ3n) is 3.46. The van der Waals surface area contributed by atoms with E-state index >= 15 is 0 Å². The second-order valence-electron chi connectivity index (χ2n) is 4.40. The molecule has 0 bridgehead atoms. The molecule has 1 aromatic carbocycles. The van der Waals surface area contributed by atoms with E-state index in [0.717, 1.165) is 18.7 Å². The van der Waals surface area contributed by atoms with E-state index in [4.69, 9.17) is 10.5 Å². The zero-order valence-electron chi connectivity index (χ0n) is 9.83. The Bertz CT molecular complexity index is 346. The first kappa shape index (κ1) is 11.4. The molecule has 1 aromatic rings. The highest BCUT2D eigenvalue weighted by atomic mass is 16.5. The molecule has 2 rings (SSSR count). The summed E-state index contributed by atoms with van der Waals surface area (Å²) in [5.74, 6) is 0.901. The number of ether oxygens (including phenoxy) is 1. The van der Waals surface area contributed by atoms with Gasteiger partial charge in [0.25, 0.3) is 0 Å². The lowest BCUT2D eigenvalue weighted by atomic mass is 9.82.